The SMILES string of the molecule is O=C1CCC(N2Cc3ccc(CNC(=O)OCc4nc5c(s4)CCCC5)cc3C2=O)C(=O)N1. The van der Waals surface area contributed by atoms with E-state index in [-0.39, 0.29) is 31.4 Å². The van der Waals surface area contributed by atoms with Crippen molar-refractivity contribution in [3.05, 3.63) is 50.5 Å². The maximum Gasteiger partial charge on any atom is 0.407 e. The van der Waals surface area contributed by atoms with E-state index in [9.17, 15) is 19.2 Å². The van der Waals surface area contributed by atoms with E-state index in [4.69, 9.17) is 4.74 Å². The molecule has 0 spiro atoms. The van der Waals surface area contributed by atoms with Crippen LogP contribution in [0.3, 0.4) is 0 Å². The Morgan fingerprint density at radius 2 is 2.06 bits per heavy atom. The Labute approximate surface area is 194 Å². The second kappa shape index (κ2) is 8.93. The number of nitrogens with zero attached hydrogens (tertiary/aromatic N) is 2. The number of hydrogen-bond acceptors (Lipinski definition) is 7. The zero-order valence-electron chi connectivity index (χ0n) is 18.0. The number of aromatic nitrogens is 1. The van der Waals surface area contributed by atoms with Gasteiger partial charge in [0.25, 0.3) is 5.91 Å². The van der Waals surface area contributed by atoms with Gasteiger partial charge >= 0.3 is 6.09 Å². The van der Waals surface area contributed by atoms with Gasteiger partial charge in [-0.15, -0.1) is 11.3 Å². The van der Waals surface area contributed by atoms with Gasteiger partial charge in [0, 0.05) is 30.0 Å². The van der Waals surface area contributed by atoms with Gasteiger partial charge in [-0.05, 0) is 49.3 Å². The van der Waals surface area contributed by atoms with Gasteiger partial charge in [-0.25, -0.2) is 9.78 Å². The summed E-state index contributed by atoms with van der Waals surface area (Å²) in [5.74, 6) is -0.982. The first-order valence-corrected chi connectivity index (χ1v) is 11.9. The van der Waals surface area contributed by atoms with Crippen molar-refractivity contribution in [3.63, 3.8) is 0 Å². The maximum atomic E-state index is 12.9. The van der Waals surface area contributed by atoms with Crippen molar-refractivity contribution < 1.29 is 23.9 Å². The molecule has 10 heteroatoms. The van der Waals surface area contributed by atoms with Crippen LogP contribution in [0.1, 0.15) is 62.7 Å². The van der Waals surface area contributed by atoms with E-state index < -0.39 is 18.0 Å². The molecular formula is C23H24N4O5S. The molecule has 1 aromatic heterocycles. The third-order valence-electron chi connectivity index (χ3n) is 6.25. The number of fused-ring (bicyclic) bond motifs is 2. The molecule has 1 unspecified atom stereocenters. The molecule has 3 heterocycles. The lowest BCUT2D eigenvalue weighted by atomic mass is 10.0. The van der Waals surface area contributed by atoms with Crippen molar-refractivity contribution in [3.8, 4) is 0 Å². The third-order valence-corrected chi connectivity index (χ3v) is 7.38. The van der Waals surface area contributed by atoms with Crippen LogP contribution in [0.25, 0.3) is 0 Å². The van der Waals surface area contributed by atoms with Crippen molar-refractivity contribution in [1.29, 1.82) is 0 Å². The normalized spacial score (nSPS) is 19.7. The fourth-order valence-corrected chi connectivity index (χ4v) is 5.60. The Hall–Kier alpha value is -3.27. The number of imide groups is 1. The van der Waals surface area contributed by atoms with Crippen LogP contribution in [0, 0.1) is 0 Å². The Balaban J connectivity index is 1.15. The number of nitrogens with one attached hydrogen (secondary N) is 2. The fraction of sp³-hybridized carbons (Fsp3) is 0.435. The van der Waals surface area contributed by atoms with Crippen LogP contribution >= 0.6 is 11.3 Å². The number of thiazole rings is 1. The van der Waals surface area contributed by atoms with Gasteiger partial charge < -0.3 is 15.0 Å². The molecule has 1 aromatic carbocycles. The number of rotatable bonds is 5. The second-order valence-corrected chi connectivity index (χ2v) is 9.67. The molecule has 0 saturated carbocycles. The Bertz CT molecular complexity index is 1120. The Kier molecular flexibility index (Phi) is 5.84. The van der Waals surface area contributed by atoms with Gasteiger partial charge in [-0.1, -0.05) is 12.1 Å². The van der Waals surface area contributed by atoms with Crippen LogP contribution in [0.4, 0.5) is 4.79 Å². The highest BCUT2D eigenvalue weighted by Gasteiger charge is 2.39. The molecule has 3 aliphatic rings. The maximum absolute atomic E-state index is 12.9. The molecule has 1 atom stereocenters. The van der Waals surface area contributed by atoms with E-state index >= 15 is 0 Å². The number of alkyl carbamates (subject to hydrolysis) is 1. The summed E-state index contributed by atoms with van der Waals surface area (Å²) in [4.78, 5) is 56.0. The van der Waals surface area contributed by atoms with Gasteiger partial charge in [0.2, 0.25) is 11.8 Å². The number of amides is 4. The summed E-state index contributed by atoms with van der Waals surface area (Å²) in [6, 6.07) is 4.77. The van der Waals surface area contributed by atoms with Gasteiger partial charge in [0.1, 0.15) is 17.7 Å². The Morgan fingerprint density at radius 3 is 2.88 bits per heavy atom. The first-order chi connectivity index (χ1) is 16.0. The van der Waals surface area contributed by atoms with Crippen LogP contribution in [-0.4, -0.2) is 39.7 Å². The van der Waals surface area contributed by atoms with Crippen LogP contribution in [0.15, 0.2) is 18.2 Å². The van der Waals surface area contributed by atoms with Crippen molar-refractivity contribution in [2.45, 2.75) is 64.3 Å². The first kappa shape index (κ1) is 21.6. The minimum absolute atomic E-state index is 0.146. The molecule has 5 rings (SSSR count). The predicted molar refractivity (Wildman–Crippen MR) is 118 cm³/mol. The molecule has 0 radical (unpaired) electrons. The molecule has 1 fully saturated rings. The standard InChI is InChI=1S/C23H24N4O5S/c28-19-8-7-17(21(29)26-19)27-11-14-6-5-13(9-15(14)22(27)30)10-24-23(31)32-12-20-25-16-3-1-2-4-18(16)33-20/h5-6,9,17H,1-4,7-8,10-12H2,(H,24,31)(H,26,28,29). The second-order valence-electron chi connectivity index (χ2n) is 8.51. The predicted octanol–water partition coefficient (Wildman–Crippen LogP) is 2.21. The van der Waals surface area contributed by atoms with Gasteiger partial charge in [0.05, 0.1) is 5.69 Å². The molecule has 172 valence electrons. The van der Waals surface area contributed by atoms with Crippen LogP contribution in [-0.2, 0) is 46.9 Å². The molecule has 4 amide bonds. The zero-order valence-corrected chi connectivity index (χ0v) is 18.8. The van der Waals surface area contributed by atoms with Crippen LogP contribution in [0.2, 0.25) is 0 Å². The van der Waals surface area contributed by atoms with E-state index in [0.717, 1.165) is 41.1 Å². The first-order valence-electron chi connectivity index (χ1n) is 11.1. The van der Waals surface area contributed by atoms with Crippen LogP contribution in [0.5, 0.6) is 0 Å². The van der Waals surface area contributed by atoms with E-state index in [0.29, 0.717) is 18.5 Å². The van der Waals surface area contributed by atoms with Gasteiger partial charge in [0.15, 0.2) is 0 Å². The van der Waals surface area contributed by atoms with Crippen LogP contribution < -0.4 is 10.6 Å². The van der Waals surface area contributed by atoms with E-state index in [2.05, 4.69) is 15.6 Å². The highest BCUT2D eigenvalue weighted by Crippen LogP contribution is 2.29. The van der Waals surface area contributed by atoms with Crippen molar-refractivity contribution in [2.75, 3.05) is 0 Å². The summed E-state index contributed by atoms with van der Waals surface area (Å²) in [7, 11) is 0. The average molecular weight is 469 g/mol. The molecule has 2 N–H and O–H groups in total. The summed E-state index contributed by atoms with van der Waals surface area (Å²) in [6.45, 7) is 0.688. The summed E-state index contributed by atoms with van der Waals surface area (Å²) in [6.07, 6.45) is 4.40. The minimum Gasteiger partial charge on any atom is -0.442 e. The molecule has 2 aromatic rings. The number of ether oxygens (including phenoxy) is 1. The molecule has 1 aliphatic carbocycles. The molecule has 1 saturated heterocycles. The van der Waals surface area contributed by atoms with Gasteiger partial charge in [-0.3, -0.25) is 19.7 Å². The summed E-state index contributed by atoms with van der Waals surface area (Å²) < 4.78 is 5.31. The molecular weight excluding hydrogens is 444 g/mol. The van der Waals surface area contributed by atoms with E-state index in [1.807, 2.05) is 12.1 Å². The Morgan fingerprint density at radius 1 is 1.21 bits per heavy atom. The average Bonchev–Trinajstić information content (AvgIpc) is 3.37. The number of carbonyl (C=O) groups excluding carboxylic acids is 4. The van der Waals surface area contributed by atoms with Crippen molar-refractivity contribution in [2.24, 2.45) is 0 Å². The lowest BCUT2D eigenvalue weighted by Crippen LogP contribution is -2.52. The van der Waals surface area contributed by atoms with Crippen molar-refractivity contribution in [1.82, 2.24) is 20.5 Å². The fourth-order valence-electron chi connectivity index (χ4n) is 4.53. The molecule has 33 heavy (non-hydrogen) atoms. The number of carbonyl (C=O) groups is 4. The number of aryl methyl sites for hydroxylation is 2. The lowest BCUT2D eigenvalue weighted by Gasteiger charge is -2.29. The topological polar surface area (TPSA) is 118 Å². The highest BCUT2D eigenvalue weighted by molar-refractivity contribution is 7.11. The smallest absolute Gasteiger partial charge is 0.407 e. The minimum atomic E-state index is -0.643. The summed E-state index contributed by atoms with van der Waals surface area (Å²) in [5, 5.41) is 5.82. The lowest BCUT2D eigenvalue weighted by molar-refractivity contribution is -0.136. The van der Waals surface area contributed by atoms with Crippen molar-refractivity contribution >= 4 is 35.2 Å². The number of hydrogen-bond donors (Lipinski definition) is 2. The summed E-state index contributed by atoms with van der Waals surface area (Å²) in [5.41, 5.74) is 3.23. The quantitative estimate of drug-likeness (QED) is 0.650. The number of benzene rings is 1. The van der Waals surface area contributed by atoms with E-state index in [1.54, 1.807) is 17.4 Å². The highest BCUT2D eigenvalue weighted by atomic mass is 32.1. The number of piperidine rings is 1. The molecule has 9 nitrogen and oxygen atoms in total. The summed E-state index contributed by atoms with van der Waals surface area (Å²) >= 11 is 1.61. The monoisotopic (exact) mass is 468 g/mol. The largest absolute Gasteiger partial charge is 0.442 e. The molecule has 2 aliphatic heterocycles. The molecule has 0 bridgehead atoms. The third kappa shape index (κ3) is 4.47. The van der Waals surface area contributed by atoms with Gasteiger partial charge in [-0.2, -0.15) is 0 Å². The zero-order chi connectivity index (χ0) is 22.9. The van der Waals surface area contributed by atoms with E-state index in [1.165, 1.54) is 16.2 Å².